The van der Waals surface area contributed by atoms with Crippen molar-refractivity contribution in [3.63, 3.8) is 0 Å². The van der Waals surface area contributed by atoms with E-state index in [-0.39, 0.29) is 5.60 Å². The monoisotopic (exact) mass is 276 g/mol. The van der Waals surface area contributed by atoms with Crippen LogP contribution in [-0.2, 0) is 16.1 Å². The van der Waals surface area contributed by atoms with Gasteiger partial charge >= 0.3 is 0 Å². The lowest BCUT2D eigenvalue weighted by Crippen LogP contribution is -2.67. The lowest BCUT2D eigenvalue weighted by Gasteiger charge is -2.54. The van der Waals surface area contributed by atoms with Gasteiger partial charge in [0.15, 0.2) is 0 Å². The molecular formula is C16H24N2O2. The zero-order chi connectivity index (χ0) is 14.0. The van der Waals surface area contributed by atoms with Crippen LogP contribution in [0.2, 0.25) is 0 Å². The number of pyridine rings is 1. The first-order chi connectivity index (χ1) is 9.67. The molecule has 3 rings (SSSR count). The molecule has 0 aromatic carbocycles. The third-order valence-corrected chi connectivity index (χ3v) is 4.40. The highest BCUT2D eigenvalue weighted by molar-refractivity contribution is 5.08. The van der Waals surface area contributed by atoms with Crippen molar-refractivity contribution in [2.75, 3.05) is 19.7 Å². The molecule has 20 heavy (non-hydrogen) atoms. The van der Waals surface area contributed by atoms with Gasteiger partial charge in [0.1, 0.15) is 0 Å². The topological polar surface area (TPSA) is 34.6 Å². The number of hydrogen-bond donors (Lipinski definition) is 0. The Kier molecular flexibility index (Phi) is 4.06. The molecule has 0 amide bonds. The second kappa shape index (κ2) is 5.80. The van der Waals surface area contributed by atoms with Gasteiger partial charge in [0, 0.05) is 44.6 Å². The summed E-state index contributed by atoms with van der Waals surface area (Å²) in [6.07, 6.45) is 5.99. The molecule has 110 valence electrons. The van der Waals surface area contributed by atoms with E-state index in [1.807, 2.05) is 24.5 Å². The predicted molar refractivity (Wildman–Crippen MR) is 77.4 cm³/mol. The summed E-state index contributed by atoms with van der Waals surface area (Å²) in [7, 11) is 0. The van der Waals surface area contributed by atoms with E-state index in [1.54, 1.807) is 0 Å². The molecular weight excluding hydrogens is 252 g/mol. The van der Waals surface area contributed by atoms with Crippen LogP contribution in [0.1, 0.15) is 32.3 Å². The Bertz CT molecular complexity index is 429. The Balaban J connectivity index is 1.49. The van der Waals surface area contributed by atoms with Crippen LogP contribution in [0.4, 0.5) is 0 Å². The fraction of sp³-hybridized carbons (Fsp3) is 0.688. The van der Waals surface area contributed by atoms with E-state index < -0.39 is 0 Å². The van der Waals surface area contributed by atoms with Crippen molar-refractivity contribution in [1.82, 2.24) is 9.88 Å². The largest absolute Gasteiger partial charge is 0.373 e. The fourth-order valence-electron chi connectivity index (χ4n) is 3.10. The standard InChI is InChI=1S/C16H24N2O2/c1-13(2)18-11-16(12-18)9-15(5-8-20-16)19-10-14-3-6-17-7-4-14/h3-4,6-7,13,15H,5,8-12H2,1-2H3. The number of aromatic nitrogens is 1. The number of rotatable bonds is 4. The van der Waals surface area contributed by atoms with Crippen molar-refractivity contribution in [1.29, 1.82) is 0 Å². The summed E-state index contributed by atoms with van der Waals surface area (Å²) in [4.78, 5) is 6.49. The predicted octanol–water partition coefficient (Wildman–Crippen LogP) is 2.24. The summed E-state index contributed by atoms with van der Waals surface area (Å²) >= 11 is 0. The van der Waals surface area contributed by atoms with Gasteiger partial charge in [-0.15, -0.1) is 0 Å². The Labute approximate surface area is 121 Å². The second-order valence-electron chi connectivity index (χ2n) is 6.31. The minimum Gasteiger partial charge on any atom is -0.373 e. The molecule has 2 aliphatic rings. The lowest BCUT2D eigenvalue weighted by atomic mass is 9.84. The Morgan fingerprint density at radius 2 is 2.15 bits per heavy atom. The molecule has 0 radical (unpaired) electrons. The molecule has 1 aromatic heterocycles. The van der Waals surface area contributed by atoms with Crippen molar-refractivity contribution < 1.29 is 9.47 Å². The molecule has 2 fully saturated rings. The van der Waals surface area contributed by atoms with Crippen LogP contribution in [0.25, 0.3) is 0 Å². The molecule has 0 bridgehead atoms. The summed E-state index contributed by atoms with van der Waals surface area (Å²) < 4.78 is 12.1. The van der Waals surface area contributed by atoms with Crippen molar-refractivity contribution in [2.45, 2.75) is 51.0 Å². The van der Waals surface area contributed by atoms with Crippen LogP contribution in [0.3, 0.4) is 0 Å². The molecule has 0 aliphatic carbocycles. The summed E-state index contributed by atoms with van der Waals surface area (Å²) in [6.45, 7) is 8.10. The van der Waals surface area contributed by atoms with Gasteiger partial charge in [-0.1, -0.05) is 0 Å². The highest BCUT2D eigenvalue weighted by Gasteiger charge is 2.48. The minimum atomic E-state index is 0.0609. The highest BCUT2D eigenvalue weighted by Crippen LogP contribution is 2.36. The molecule has 4 nitrogen and oxygen atoms in total. The molecule has 1 aromatic rings. The van der Waals surface area contributed by atoms with Crippen LogP contribution < -0.4 is 0 Å². The molecule has 4 heteroatoms. The summed E-state index contributed by atoms with van der Waals surface area (Å²) in [6, 6.07) is 4.64. The van der Waals surface area contributed by atoms with E-state index in [9.17, 15) is 0 Å². The van der Waals surface area contributed by atoms with Crippen LogP contribution in [-0.4, -0.2) is 47.3 Å². The van der Waals surface area contributed by atoms with Crippen molar-refractivity contribution in [3.05, 3.63) is 30.1 Å². The summed E-state index contributed by atoms with van der Waals surface area (Å²) in [5, 5.41) is 0. The average Bonchev–Trinajstić information content (AvgIpc) is 2.44. The van der Waals surface area contributed by atoms with E-state index >= 15 is 0 Å². The van der Waals surface area contributed by atoms with Crippen LogP contribution in [0, 0.1) is 0 Å². The molecule has 2 saturated heterocycles. The van der Waals surface area contributed by atoms with Crippen molar-refractivity contribution in [3.8, 4) is 0 Å². The Hall–Kier alpha value is -0.970. The first-order valence-corrected chi connectivity index (χ1v) is 7.55. The summed E-state index contributed by atoms with van der Waals surface area (Å²) in [5.41, 5.74) is 1.25. The molecule has 0 saturated carbocycles. The van der Waals surface area contributed by atoms with Crippen molar-refractivity contribution >= 4 is 0 Å². The zero-order valence-electron chi connectivity index (χ0n) is 12.4. The average molecular weight is 276 g/mol. The van der Waals surface area contributed by atoms with E-state index in [0.29, 0.717) is 18.8 Å². The van der Waals surface area contributed by atoms with Gasteiger partial charge in [-0.05, 0) is 38.0 Å². The Morgan fingerprint density at radius 3 is 2.85 bits per heavy atom. The third kappa shape index (κ3) is 3.03. The smallest absolute Gasteiger partial charge is 0.0959 e. The van der Waals surface area contributed by atoms with Gasteiger partial charge in [0.2, 0.25) is 0 Å². The van der Waals surface area contributed by atoms with E-state index in [4.69, 9.17) is 9.47 Å². The number of likely N-dealkylation sites (tertiary alicyclic amines) is 1. The van der Waals surface area contributed by atoms with Crippen LogP contribution >= 0.6 is 0 Å². The molecule has 1 spiro atoms. The van der Waals surface area contributed by atoms with Gasteiger partial charge in [0.25, 0.3) is 0 Å². The van der Waals surface area contributed by atoms with Gasteiger partial charge in [-0.3, -0.25) is 9.88 Å². The fourth-order valence-corrected chi connectivity index (χ4v) is 3.10. The SMILES string of the molecule is CC(C)N1CC2(CC(OCc3ccncc3)CCO2)C1. The molecule has 1 unspecified atom stereocenters. The quantitative estimate of drug-likeness (QED) is 0.845. The maximum Gasteiger partial charge on any atom is 0.0959 e. The Morgan fingerprint density at radius 1 is 1.40 bits per heavy atom. The van der Waals surface area contributed by atoms with Crippen LogP contribution in [0.15, 0.2) is 24.5 Å². The van der Waals surface area contributed by atoms with Gasteiger partial charge in [-0.25, -0.2) is 0 Å². The second-order valence-corrected chi connectivity index (χ2v) is 6.31. The zero-order valence-corrected chi connectivity index (χ0v) is 12.4. The first-order valence-electron chi connectivity index (χ1n) is 7.55. The summed E-state index contributed by atoms with van der Waals surface area (Å²) in [5.74, 6) is 0. The van der Waals surface area contributed by atoms with Crippen molar-refractivity contribution in [2.24, 2.45) is 0 Å². The number of hydrogen-bond acceptors (Lipinski definition) is 4. The molecule has 0 N–H and O–H groups in total. The van der Waals surface area contributed by atoms with Gasteiger partial charge in [0.05, 0.1) is 18.3 Å². The van der Waals surface area contributed by atoms with Gasteiger partial charge < -0.3 is 9.47 Å². The highest BCUT2D eigenvalue weighted by atomic mass is 16.5. The normalized spacial score (nSPS) is 25.9. The molecule has 3 heterocycles. The third-order valence-electron chi connectivity index (χ3n) is 4.40. The molecule has 2 aliphatic heterocycles. The number of nitrogens with zero attached hydrogens (tertiary/aromatic N) is 2. The van der Waals surface area contributed by atoms with E-state index in [1.165, 1.54) is 5.56 Å². The number of ether oxygens (including phenoxy) is 2. The maximum atomic E-state index is 6.07. The van der Waals surface area contributed by atoms with E-state index in [2.05, 4.69) is 23.7 Å². The lowest BCUT2D eigenvalue weighted by molar-refractivity contribution is -0.204. The molecule has 1 atom stereocenters. The van der Waals surface area contributed by atoms with Crippen LogP contribution in [0.5, 0.6) is 0 Å². The van der Waals surface area contributed by atoms with E-state index in [0.717, 1.165) is 32.5 Å². The minimum absolute atomic E-state index is 0.0609. The first kappa shape index (κ1) is 14.0. The van der Waals surface area contributed by atoms with Gasteiger partial charge in [-0.2, -0.15) is 0 Å². The maximum absolute atomic E-state index is 6.07.